The number of aliphatic hydroxyl groups excluding tert-OH is 1. The van der Waals surface area contributed by atoms with Crippen LogP contribution in [0.1, 0.15) is 12.8 Å². The van der Waals surface area contributed by atoms with E-state index < -0.39 is 0 Å². The molecule has 0 spiro atoms. The largest absolute Gasteiger partial charge is 0.396 e. The quantitative estimate of drug-likeness (QED) is 0.374. The van der Waals surface area contributed by atoms with E-state index in [-0.39, 0.29) is 0 Å². The fraction of sp³-hybridized carbons (Fsp3) is 1.00. The van der Waals surface area contributed by atoms with E-state index in [1.165, 1.54) is 0 Å². The van der Waals surface area contributed by atoms with E-state index in [0.717, 1.165) is 31.7 Å². The maximum atomic E-state index is 8.38. The molecule has 0 aromatic heterocycles. The molecule has 56 valence electrons. The summed E-state index contributed by atoms with van der Waals surface area (Å²) in [5, 5.41) is 11.6. The van der Waals surface area contributed by atoms with Crippen LogP contribution in [-0.4, -0.2) is 30.6 Å². The Kier molecular flexibility index (Phi) is 8.52. The summed E-state index contributed by atoms with van der Waals surface area (Å²) in [7, 11) is 0. The highest BCUT2D eigenvalue weighted by molar-refractivity contribution is 7.80. The molecule has 0 aliphatic carbocycles. The van der Waals surface area contributed by atoms with Crippen molar-refractivity contribution in [1.82, 2.24) is 5.32 Å². The van der Waals surface area contributed by atoms with E-state index in [2.05, 4.69) is 17.9 Å². The minimum absolute atomic E-state index is 0.308. The first-order valence-electron chi connectivity index (χ1n) is 3.34. The number of aliphatic hydroxyl groups is 1. The normalized spacial score (nSPS) is 10.0. The maximum Gasteiger partial charge on any atom is 0.0431 e. The number of hydrogen-bond donors (Lipinski definition) is 3. The lowest BCUT2D eigenvalue weighted by molar-refractivity contribution is 0.284. The second-order valence-electron chi connectivity index (χ2n) is 1.90. The Bertz CT molecular complexity index is 46.3. The molecule has 0 bridgehead atoms. The monoisotopic (exact) mass is 149 g/mol. The minimum atomic E-state index is 0.308. The molecule has 0 aliphatic rings. The summed E-state index contributed by atoms with van der Waals surface area (Å²) in [5.74, 6) is 0.888. The highest BCUT2D eigenvalue weighted by Crippen LogP contribution is 1.82. The average molecular weight is 149 g/mol. The second-order valence-corrected chi connectivity index (χ2v) is 2.35. The van der Waals surface area contributed by atoms with Crippen LogP contribution in [0.4, 0.5) is 0 Å². The van der Waals surface area contributed by atoms with Crippen LogP contribution >= 0.6 is 12.6 Å². The fourth-order valence-corrected chi connectivity index (χ4v) is 0.724. The van der Waals surface area contributed by atoms with Crippen LogP contribution in [0, 0.1) is 0 Å². The van der Waals surface area contributed by atoms with E-state index in [9.17, 15) is 0 Å². The Hall–Kier alpha value is 0.270. The third-order valence-electron chi connectivity index (χ3n) is 1.05. The molecule has 0 fully saturated rings. The standard InChI is InChI=1S/C6H15NOS/c8-5-2-1-3-7-4-6-9/h7-9H,1-6H2. The van der Waals surface area contributed by atoms with Gasteiger partial charge in [0.1, 0.15) is 0 Å². The van der Waals surface area contributed by atoms with Crippen molar-refractivity contribution in [1.29, 1.82) is 0 Å². The molecular weight excluding hydrogens is 134 g/mol. The van der Waals surface area contributed by atoms with Gasteiger partial charge in [-0.3, -0.25) is 0 Å². The van der Waals surface area contributed by atoms with Crippen LogP contribution in [0.2, 0.25) is 0 Å². The number of thiol groups is 1. The molecule has 0 aromatic carbocycles. The van der Waals surface area contributed by atoms with Crippen molar-refractivity contribution in [3.63, 3.8) is 0 Å². The summed E-state index contributed by atoms with van der Waals surface area (Å²) in [6.45, 7) is 2.28. The van der Waals surface area contributed by atoms with Gasteiger partial charge in [-0.05, 0) is 19.4 Å². The van der Waals surface area contributed by atoms with Crippen molar-refractivity contribution in [2.45, 2.75) is 12.8 Å². The lowest BCUT2D eigenvalue weighted by Gasteiger charge is -1.99. The van der Waals surface area contributed by atoms with Crippen LogP contribution in [0.3, 0.4) is 0 Å². The smallest absolute Gasteiger partial charge is 0.0431 e. The molecular formula is C6H15NOS. The van der Waals surface area contributed by atoms with Crippen molar-refractivity contribution >= 4 is 12.6 Å². The number of hydrogen-bond acceptors (Lipinski definition) is 3. The van der Waals surface area contributed by atoms with Crippen molar-refractivity contribution in [3.8, 4) is 0 Å². The van der Waals surface area contributed by atoms with E-state index in [1.807, 2.05) is 0 Å². The lowest BCUT2D eigenvalue weighted by atomic mass is 10.3. The summed E-state index contributed by atoms with van der Waals surface area (Å²) in [6, 6.07) is 0. The first kappa shape index (κ1) is 9.27. The Morgan fingerprint density at radius 3 is 2.56 bits per heavy atom. The third kappa shape index (κ3) is 8.27. The molecule has 0 heterocycles. The van der Waals surface area contributed by atoms with Gasteiger partial charge in [0.15, 0.2) is 0 Å². The Morgan fingerprint density at radius 1 is 1.22 bits per heavy atom. The first-order valence-corrected chi connectivity index (χ1v) is 3.97. The third-order valence-corrected chi connectivity index (χ3v) is 1.27. The van der Waals surface area contributed by atoms with Crippen LogP contribution in [0.15, 0.2) is 0 Å². The average Bonchev–Trinajstić information content (AvgIpc) is 1.89. The van der Waals surface area contributed by atoms with E-state index in [0.29, 0.717) is 6.61 Å². The predicted molar refractivity (Wildman–Crippen MR) is 43.0 cm³/mol. The molecule has 0 rings (SSSR count). The summed E-state index contributed by atoms with van der Waals surface area (Å²) in [5.41, 5.74) is 0. The molecule has 2 nitrogen and oxygen atoms in total. The maximum absolute atomic E-state index is 8.38. The van der Waals surface area contributed by atoms with E-state index in [4.69, 9.17) is 5.11 Å². The van der Waals surface area contributed by atoms with Gasteiger partial charge in [-0.25, -0.2) is 0 Å². The molecule has 0 aromatic rings. The van der Waals surface area contributed by atoms with Crippen molar-refractivity contribution in [2.75, 3.05) is 25.4 Å². The Labute approximate surface area is 62.1 Å². The number of nitrogens with one attached hydrogen (secondary N) is 1. The summed E-state index contributed by atoms with van der Waals surface area (Å²) < 4.78 is 0. The molecule has 0 amide bonds. The summed E-state index contributed by atoms with van der Waals surface area (Å²) in [6.07, 6.45) is 1.96. The van der Waals surface area contributed by atoms with Gasteiger partial charge in [0.25, 0.3) is 0 Å². The SMILES string of the molecule is OCCCCNCCS. The van der Waals surface area contributed by atoms with Gasteiger partial charge in [-0.15, -0.1) is 0 Å². The van der Waals surface area contributed by atoms with E-state index in [1.54, 1.807) is 0 Å². The van der Waals surface area contributed by atoms with Crippen molar-refractivity contribution in [3.05, 3.63) is 0 Å². The first-order chi connectivity index (χ1) is 4.41. The molecule has 9 heavy (non-hydrogen) atoms. The Balaban J connectivity index is 2.60. The zero-order valence-electron chi connectivity index (χ0n) is 5.64. The zero-order chi connectivity index (χ0) is 6.95. The van der Waals surface area contributed by atoms with Gasteiger partial charge in [-0.2, -0.15) is 12.6 Å². The predicted octanol–water partition coefficient (Wildman–Crippen LogP) is 0.278. The lowest BCUT2D eigenvalue weighted by Crippen LogP contribution is -2.17. The molecule has 2 N–H and O–H groups in total. The molecule has 0 saturated heterocycles. The highest BCUT2D eigenvalue weighted by Gasteiger charge is 1.84. The zero-order valence-corrected chi connectivity index (χ0v) is 6.53. The minimum Gasteiger partial charge on any atom is -0.396 e. The van der Waals surface area contributed by atoms with Crippen LogP contribution in [-0.2, 0) is 0 Å². The van der Waals surface area contributed by atoms with Crippen molar-refractivity contribution < 1.29 is 5.11 Å². The van der Waals surface area contributed by atoms with Crippen molar-refractivity contribution in [2.24, 2.45) is 0 Å². The van der Waals surface area contributed by atoms with Gasteiger partial charge >= 0.3 is 0 Å². The highest BCUT2D eigenvalue weighted by atomic mass is 32.1. The Morgan fingerprint density at radius 2 is 2.00 bits per heavy atom. The molecule has 3 heteroatoms. The van der Waals surface area contributed by atoms with E-state index >= 15 is 0 Å². The molecule has 0 aliphatic heterocycles. The summed E-state index contributed by atoms with van der Waals surface area (Å²) in [4.78, 5) is 0. The molecule has 0 atom stereocenters. The number of rotatable bonds is 6. The van der Waals surface area contributed by atoms with Crippen LogP contribution < -0.4 is 5.32 Å². The van der Waals surface area contributed by atoms with Gasteiger partial charge < -0.3 is 10.4 Å². The molecule has 0 radical (unpaired) electrons. The molecule has 0 saturated carbocycles. The fourth-order valence-electron chi connectivity index (χ4n) is 0.566. The topological polar surface area (TPSA) is 32.3 Å². The van der Waals surface area contributed by atoms with Gasteiger partial charge in [0.2, 0.25) is 0 Å². The summed E-state index contributed by atoms with van der Waals surface area (Å²) >= 11 is 4.03. The van der Waals surface area contributed by atoms with Crippen LogP contribution in [0.25, 0.3) is 0 Å². The van der Waals surface area contributed by atoms with Gasteiger partial charge in [-0.1, -0.05) is 0 Å². The van der Waals surface area contributed by atoms with Gasteiger partial charge in [0.05, 0.1) is 0 Å². The molecule has 0 unspecified atom stereocenters. The van der Waals surface area contributed by atoms with Crippen LogP contribution in [0.5, 0.6) is 0 Å². The number of unbranched alkanes of at least 4 members (excludes halogenated alkanes) is 1. The van der Waals surface area contributed by atoms with Gasteiger partial charge in [0, 0.05) is 18.9 Å². The second kappa shape index (κ2) is 8.27.